The van der Waals surface area contributed by atoms with Crippen LogP contribution in [0.3, 0.4) is 0 Å². The van der Waals surface area contributed by atoms with Gasteiger partial charge in [0.2, 0.25) is 5.91 Å². The lowest BCUT2D eigenvalue weighted by Gasteiger charge is -2.25. The first-order valence-corrected chi connectivity index (χ1v) is 5.29. The van der Waals surface area contributed by atoms with Gasteiger partial charge in [0.05, 0.1) is 13.2 Å². The number of carbonyl (C=O) groups is 1. The van der Waals surface area contributed by atoms with Crippen LogP contribution in [-0.4, -0.2) is 39.3 Å². The van der Waals surface area contributed by atoms with Gasteiger partial charge in [0, 0.05) is 20.2 Å². The van der Waals surface area contributed by atoms with Crippen molar-refractivity contribution in [1.82, 2.24) is 10.6 Å². The van der Waals surface area contributed by atoms with Crippen LogP contribution in [-0.2, 0) is 9.53 Å². The Kier molecular flexibility index (Phi) is 5.56. The largest absolute Gasteiger partial charge is 0.383 e. The molecule has 0 aromatic carbocycles. The molecule has 1 fully saturated rings. The fourth-order valence-electron chi connectivity index (χ4n) is 1.39. The molecule has 0 unspecified atom stereocenters. The summed E-state index contributed by atoms with van der Waals surface area (Å²) in [4.78, 5) is 11.2. The van der Waals surface area contributed by atoms with Crippen molar-refractivity contribution in [2.45, 2.75) is 19.3 Å². The maximum atomic E-state index is 11.2. The number of nitrogens with one attached hydrogen (secondary N) is 2. The van der Waals surface area contributed by atoms with Gasteiger partial charge in [0.15, 0.2) is 0 Å². The molecule has 4 nitrogen and oxygen atoms in total. The second kappa shape index (κ2) is 6.79. The predicted molar refractivity (Wildman–Crippen MR) is 55.1 cm³/mol. The molecule has 1 amide bonds. The third-order valence-corrected chi connectivity index (χ3v) is 2.58. The third-order valence-electron chi connectivity index (χ3n) is 2.58. The first kappa shape index (κ1) is 11.5. The van der Waals surface area contributed by atoms with Crippen molar-refractivity contribution in [3.63, 3.8) is 0 Å². The molecular weight excluding hydrogens is 180 g/mol. The Morgan fingerprint density at radius 1 is 1.50 bits per heavy atom. The standard InChI is InChI=1S/C10H20N2O2/c1-14-6-5-11-8-10(13)12-7-9-3-2-4-9/h9,11H,2-8H2,1H3,(H,12,13). The van der Waals surface area contributed by atoms with E-state index in [1.54, 1.807) is 7.11 Å². The molecule has 0 aromatic rings. The molecule has 1 saturated carbocycles. The van der Waals surface area contributed by atoms with Crippen LogP contribution < -0.4 is 10.6 Å². The highest BCUT2D eigenvalue weighted by molar-refractivity contribution is 5.77. The van der Waals surface area contributed by atoms with Crippen LogP contribution in [0.4, 0.5) is 0 Å². The van der Waals surface area contributed by atoms with Gasteiger partial charge in [-0.3, -0.25) is 4.79 Å². The van der Waals surface area contributed by atoms with Crippen molar-refractivity contribution in [3.8, 4) is 0 Å². The smallest absolute Gasteiger partial charge is 0.233 e. The van der Waals surface area contributed by atoms with E-state index in [0.717, 1.165) is 19.0 Å². The van der Waals surface area contributed by atoms with E-state index in [-0.39, 0.29) is 5.91 Å². The maximum Gasteiger partial charge on any atom is 0.233 e. The summed E-state index contributed by atoms with van der Waals surface area (Å²) in [6, 6.07) is 0. The van der Waals surface area contributed by atoms with Crippen molar-refractivity contribution in [2.24, 2.45) is 5.92 Å². The van der Waals surface area contributed by atoms with Gasteiger partial charge in [-0.05, 0) is 18.8 Å². The van der Waals surface area contributed by atoms with Crippen LogP contribution in [0.2, 0.25) is 0 Å². The van der Waals surface area contributed by atoms with Gasteiger partial charge < -0.3 is 15.4 Å². The summed E-state index contributed by atoms with van der Waals surface area (Å²) < 4.78 is 4.85. The Bertz CT molecular complexity index is 170. The Labute approximate surface area is 85.4 Å². The van der Waals surface area contributed by atoms with Crippen LogP contribution in [0.25, 0.3) is 0 Å². The number of hydrogen-bond donors (Lipinski definition) is 2. The molecule has 0 saturated heterocycles. The van der Waals surface area contributed by atoms with Crippen molar-refractivity contribution < 1.29 is 9.53 Å². The Hall–Kier alpha value is -0.610. The number of rotatable bonds is 7. The maximum absolute atomic E-state index is 11.2. The van der Waals surface area contributed by atoms with E-state index >= 15 is 0 Å². The van der Waals surface area contributed by atoms with Crippen LogP contribution in [0.1, 0.15) is 19.3 Å². The minimum absolute atomic E-state index is 0.0907. The summed E-state index contributed by atoms with van der Waals surface area (Å²) in [6.45, 7) is 2.63. The lowest BCUT2D eigenvalue weighted by Crippen LogP contribution is -2.38. The highest BCUT2D eigenvalue weighted by Crippen LogP contribution is 2.24. The van der Waals surface area contributed by atoms with Crippen molar-refractivity contribution in [3.05, 3.63) is 0 Å². The first-order valence-electron chi connectivity index (χ1n) is 5.29. The molecule has 0 atom stereocenters. The van der Waals surface area contributed by atoms with Crippen molar-refractivity contribution >= 4 is 5.91 Å². The highest BCUT2D eigenvalue weighted by Gasteiger charge is 2.17. The fourth-order valence-corrected chi connectivity index (χ4v) is 1.39. The van der Waals surface area contributed by atoms with Crippen LogP contribution >= 0.6 is 0 Å². The van der Waals surface area contributed by atoms with E-state index in [9.17, 15) is 4.79 Å². The third kappa shape index (κ3) is 4.58. The van der Waals surface area contributed by atoms with Crippen LogP contribution in [0.15, 0.2) is 0 Å². The van der Waals surface area contributed by atoms with Gasteiger partial charge in [-0.15, -0.1) is 0 Å². The highest BCUT2D eigenvalue weighted by atomic mass is 16.5. The lowest BCUT2D eigenvalue weighted by molar-refractivity contribution is -0.120. The Balaban J connectivity index is 1.87. The summed E-state index contributed by atoms with van der Waals surface area (Å²) in [6.07, 6.45) is 3.88. The van der Waals surface area contributed by atoms with E-state index in [2.05, 4.69) is 10.6 Å². The summed E-state index contributed by atoms with van der Waals surface area (Å²) >= 11 is 0. The van der Waals surface area contributed by atoms with Gasteiger partial charge in [-0.1, -0.05) is 6.42 Å². The quantitative estimate of drug-likeness (QED) is 0.575. The molecule has 0 heterocycles. The van der Waals surface area contributed by atoms with Gasteiger partial charge in [-0.2, -0.15) is 0 Å². The van der Waals surface area contributed by atoms with Gasteiger partial charge in [-0.25, -0.2) is 0 Å². The Morgan fingerprint density at radius 3 is 2.86 bits per heavy atom. The minimum Gasteiger partial charge on any atom is -0.383 e. The zero-order valence-electron chi connectivity index (χ0n) is 8.84. The molecule has 0 radical (unpaired) electrons. The molecule has 4 heteroatoms. The monoisotopic (exact) mass is 200 g/mol. The number of amides is 1. The summed E-state index contributed by atoms with van der Waals surface area (Å²) in [5.41, 5.74) is 0. The van der Waals surface area contributed by atoms with E-state index < -0.39 is 0 Å². The van der Waals surface area contributed by atoms with Crippen LogP contribution in [0, 0.1) is 5.92 Å². The molecule has 82 valence electrons. The number of carbonyl (C=O) groups excluding carboxylic acids is 1. The zero-order valence-corrected chi connectivity index (χ0v) is 8.84. The predicted octanol–water partition coefficient (Wildman–Crippen LogP) is 0.139. The Morgan fingerprint density at radius 2 is 2.29 bits per heavy atom. The van der Waals surface area contributed by atoms with E-state index in [1.165, 1.54) is 19.3 Å². The van der Waals surface area contributed by atoms with E-state index in [4.69, 9.17) is 4.74 Å². The number of methoxy groups -OCH3 is 1. The molecule has 2 N–H and O–H groups in total. The molecule has 0 bridgehead atoms. The number of ether oxygens (including phenoxy) is 1. The minimum atomic E-state index is 0.0907. The second-order valence-electron chi connectivity index (χ2n) is 3.77. The average molecular weight is 200 g/mol. The van der Waals surface area contributed by atoms with Gasteiger partial charge in [0.25, 0.3) is 0 Å². The zero-order chi connectivity index (χ0) is 10.2. The molecule has 1 rings (SSSR count). The number of hydrogen-bond acceptors (Lipinski definition) is 3. The topological polar surface area (TPSA) is 50.4 Å². The second-order valence-corrected chi connectivity index (χ2v) is 3.77. The van der Waals surface area contributed by atoms with Crippen LogP contribution in [0.5, 0.6) is 0 Å². The van der Waals surface area contributed by atoms with Gasteiger partial charge >= 0.3 is 0 Å². The van der Waals surface area contributed by atoms with E-state index in [0.29, 0.717) is 13.2 Å². The molecule has 14 heavy (non-hydrogen) atoms. The van der Waals surface area contributed by atoms with Gasteiger partial charge in [0.1, 0.15) is 0 Å². The molecule has 0 spiro atoms. The van der Waals surface area contributed by atoms with Crippen molar-refractivity contribution in [1.29, 1.82) is 0 Å². The average Bonchev–Trinajstić information content (AvgIpc) is 2.10. The normalized spacial score (nSPS) is 16.4. The van der Waals surface area contributed by atoms with E-state index in [1.807, 2.05) is 0 Å². The fraction of sp³-hybridized carbons (Fsp3) is 0.900. The molecule has 0 aliphatic heterocycles. The molecular formula is C10H20N2O2. The molecule has 1 aliphatic rings. The lowest BCUT2D eigenvalue weighted by atomic mass is 9.85. The summed E-state index contributed by atoms with van der Waals surface area (Å²) in [5.74, 6) is 0.825. The molecule has 0 aromatic heterocycles. The first-order chi connectivity index (χ1) is 6.83. The summed E-state index contributed by atoms with van der Waals surface area (Å²) in [7, 11) is 1.65. The molecule has 1 aliphatic carbocycles. The SMILES string of the molecule is COCCNCC(=O)NCC1CCC1. The summed E-state index contributed by atoms with van der Waals surface area (Å²) in [5, 5.41) is 5.93. The van der Waals surface area contributed by atoms with Crippen molar-refractivity contribution in [2.75, 3.05) is 33.4 Å².